The summed E-state index contributed by atoms with van der Waals surface area (Å²) in [5, 5.41) is 10.7. The van der Waals surface area contributed by atoms with Crippen LogP contribution in [0.4, 0.5) is 5.69 Å². The van der Waals surface area contributed by atoms with Gasteiger partial charge in [0.15, 0.2) is 12.2 Å². The Morgan fingerprint density at radius 1 is 0.865 bits per heavy atom. The third kappa shape index (κ3) is 5.81. The van der Waals surface area contributed by atoms with Crippen LogP contribution in [0.5, 0.6) is 0 Å². The number of epoxide rings is 1. The Labute approximate surface area is 215 Å². The van der Waals surface area contributed by atoms with Crippen molar-refractivity contribution in [1.82, 2.24) is 10.6 Å². The van der Waals surface area contributed by atoms with Crippen molar-refractivity contribution in [2.75, 3.05) is 11.9 Å². The van der Waals surface area contributed by atoms with Crippen molar-refractivity contribution in [2.45, 2.75) is 56.4 Å². The van der Waals surface area contributed by atoms with Crippen LogP contribution in [-0.4, -0.2) is 48.6 Å². The van der Waals surface area contributed by atoms with Crippen LogP contribution >= 0.6 is 0 Å². The average Bonchev–Trinajstić information content (AvgIpc) is 3.61. The second kappa shape index (κ2) is 11.1. The molecule has 1 fully saturated rings. The third-order valence-corrected chi connectivity index (χ3v) is 7.03. The molecule has 3 aromatic carbocycles. The van der Waals surface area contributed by atoms with E-state index in [9.17, 15) is 14.4 Å². The summed E-state index contributed by atoms with van der Waals surface area (Å²) in [6.07, 6.45) is 1.65. The molecule has 3 atom stereocenters. The minimum Gasteiger partial charge on any atom is -0.350 e. The van der Waals surface area contributed by atoms with E-state index in [4.69, 9.17) is 10.5 Å². The number of carbonyl (C=O) groups excluding carboxylic acids is 3. The topological polar surface area (TPSA) is 126 Å². The molecule has 0 spiro atoms. The largest absolute Gasteiger partial charge is 0.350 e. The van der Waals surface area contributed by atoms with Gasteiger partial charge >= 0.3 is 0 Å². The number of carbonyl (C=O) groups is 3. The summed E-state index contributed by atoms with van der Waals surface area (Å²) in [7, 11) is 0. The first-order valence-corrected chi connectivity index (χ1v) is 12.8. The van der Waals surface area contributed by atoms with E-state index >= 15 is 0 Å². The van der Waals surface area contributed by atoms with Crippen LogP contribution in [0.2, 0.25) is 0 Å². The second-order valence-corrected chi connectivity index (χ2v) is 9.72. The molecule has 37 heavy (non-hydrogen) atoms. The summed E-state index contributed by atoms with van der Waals surface area (Å²) < 4.78 is 5.43. The second-order valence-electron chi connectivity index (χ2n) is 9.72. The number of nitrogens with one attached hydrogen (secondary N) is 3. The SMILES string of the molecule is NCCCC[C@H](NC(=O)[C@H]1O[C@@H]1C(=O)NC1Cc2ccccc2C1)C(=O)Nc1cccc2ccccc12. The minimum atomic E-state index is -0.897. The molecule has 1 heterocycles. The van der Waals surface area contributed by atoms with Crippen LogP contribution in [0, 0.1) is 0 Å². The number of hydrogen-bond acceptors (Lipinski definition) is 5. The zero-order chi connectivity index (χ0) is 25.8. The third-order valence-electron chi connectivity index (χ3n) is 7.03. The highest BCUT2D eigenvalue weighted by Gasteiger charge is 2.51. The fourth-order valence-electron chi connectivity index (χ4n) is 5.03. The average molecular weight is 501 g/mol. The molecule has 8 heteroatoms. The van der Waals surface area contributed by atoms with Gasteiger partial charge in [-0.1, -0.05) is 60.7 Å². The number of unbranched alkanes of at least 4 members (excludes halogenated alkanes) is 1. The van der Waals surface area contributed by atoms with Crippen molar-refractivity contribution in [3.8, 4) is 0 Å². The van der Waals surface area contributed by atoms with Crippen LogP contribution in [-0.2, 0) is 32.0 Å². The van der Waals surface area contributed by atoms with Crippen LogP contribution in [0.3, 0.4) is 0 Å². The van der Waals surface area contributed by atoms with E-state index in [1.54, 1.807) is 0 Å². The smallest absolute Gasteiger partial charge is 0.253 e. The Morgan fingerprint density at radius 3 is 2.30 bits per heavy atom. The maximum atomic E-state index is 13.2. The highest BCUT2D eigenvalue weighted by atomic mass is 16.6. The molecule has 0 aromatic heterocycles. The van der Waals surface area contributed by atoms with Gasteiger partial charge in [-0.05, 0) is 61.2 Å². The Kier molecular flexibility index (Phi) is 7.48. The van der Waals surface area contributed by atoms with Crippen molar-refractivity contribution in [3.63, 3.8) is 0 Å². The maximum Gasteiger partial charge on any atom is 0.253 e. The normalized spacial score (nSPS) is 19.2. The van der Waals surface area contributed by atoms with E-state index in [0.717, 1.165) is 30.0 Å². The van der Waals surface area contributed by atoms with Gasteiger partial charge in [0.2, 0.25) is 5.91 Å². The number of fused-ring (bicyclic) bond motifs is 2. The Hall–Kier alpha value is -3.75. The quantitative estimate of drug-likeness (QED) is 0.251. The molecule has 1 saturated heterocycles. The van der Waals surface area contributed by atoms with Gasteiger partial charge < -0.3 is 26.4 Å². The van der Waals surface area contributed by atoms with Crippen molar-refractivity contribution >= 4 is 34.2 Å². The van der Waals surface area contributed by atoms with E-state index in [2.05, 4.69) is 28.1 Å². The van der Waals surface area contributed by atoms with E-state index in [0.29, 0.717) is 25.1 Å². The summed E-state index contributed by atoms with van der Waals surface area (Å²) in [5.74, 6) is -1.06. The molecule has 0 radical (unpaired) electrons. The molecule has 5 N–H and O–H groups in total. The number of hydrogen-bond donors (Lipinski definition) is 4. The van der Waals surface area contributed by atoms with E-state index in [1.165, 1.54) is 11.1 Å². The molecule has 192 valence electrons. The first kappa shape index (κ1) is 24.9. The summed E-state index contributed by atoms with van der Waals surface area (Å²) in [4.78, 5) is 38.8. The summed E-state index contributed by atoms with van der Waals surface area (Å²) >= 11 is 0. The van der Waals surface area contributed by atoms with Gasteiger partial charge in [-0.2, -0.15) is 0 Å². The predicted octanol–water partition coefficient (Wildman–Crippen LogP) is 2.44. The number of rotatable bonds is 10. The van der Waals surface area contributed by atoms with Crippen molar-refractivity contribution in [1.29, 1.82) is 0 Å². The van der Waals surface area contributed by atoms with E-state index in [-0.39, 0.29) is 17.9 Å². The van der Waals surface area contributed by atoms with Gasteiger partial charge in [0.1, 0.15) is 6.04 Å². The van der Waals surface area contributed by atoms with Gasteiger partial charge in [0, 0.05) is 17.1 Å². The Balaban J connectivity index is 1.18. The van der Waals surface area contributed by atoms with E-state index < -0.39 is 24.2 Å². The zero-order valence-electron chi connectivity index (χ0n) is 20.6. The van der Waals surface area contributed by atoms with Crippen molar-refractivity contribution < 1.29 is 19.1 Å². The molecule has 5 rings (SSSR count). The van der Waals surface area contributed by atoms with Crippen molar-refractivity contribution in [3.05, 3.63) is 77.9 Å². The van der Waals surface area contributed by atoms with Gasteiger partial charge in [0.05, 0.1) is 0 Å². The standard InChI is InChI=1S/C29H32N4O4/c30-15-6-5-13-24(27(34)32-23-14-7-11-18-8-3-4-12-22(18)23)33-29(36)26-25(37-26)28(35)31-21-16-19-9-1-2-10-20(19)17-21/h1-4,7-12,14,21,24-26H,5-6,13,15-17,30H2,(H,31,35)(H,32,34)(H,33,36)/t24-,25-,26-/m0/s1. The monoisotopic (exact) mass is 500 g/mol. The minimum absolute atomic E-state index is 0.00621. The Bertz CT molecular complexity index is 1280. The van der Waals surface area contributed by atoms with Crippen LogP contribution in [0.25, 0.3) is 10.8 Å². The zero-order valence-corrected chi connectivity index (χ0v) is 20.6. The number of nitrogens with two attached hydrogens (primary N) is 1. The molecule has 0 bridgehead atoms. The molecule has 2 aliphatic rings. The fraction of sp³-hybridized carbons (Fsp3) is 0.345. The summed E-state index contributed by atoms with van der Waals surface area (Å²) in [6, 6.07) is 20.8. The first-order valence-electron chi connectivity index (χ1n) is 12.8. The number of amides is 3. The van der Waals surface area contributed by atoms with Crippen LogP contribution in [0.1, 0.15) is 30.4 Å². The summed E-state index contributed by atoms with van der Waals surface area (Å²) in [5.41, 5.74) is 8.78. The number of anilines is 1. The molecular formula is C29H32N4O4. The highest BCUT2D eigenvalue weighted by Crippen LogP contribution is 2.27. The molecule has 1 aliphatic carbocycles. The molecule has 3 amide bonds. The molecule has 0 saturated carbocycles. The lowest BCUT2D eigenvalue weighted by atomic mass is 10.1. The van der Waals surface area contributed by atoms with Gasteiger partial charge in [-0.15, -0.1) is 0 Å². The first-order chi connectivity index (χ1) is 18.0. The fourth-order valence-corrected chi connectivity index (χ4v) is 5.03. The van der Waals surface area contributed by atoms with Gasteiger partial charge in [-0.3, -0.25) is 14.4 Å². The van der Waals surface area contributed by atoms with Gasteiger partial charge in [-0.25, -0.2) is 0 Å². The molecule has 3 aromatic rings. The maximum absolute atomic E-state index is 13.2. The number of benzene rings is 3. The van der Waals surface area contributed by atoms with Crippen molar-refractivity contribution in [2.24, 2.45) is 5.73 Å². The molecular weight excluding hydrogens is 468 g/mol. The molecule has 1 aliphatic heterocycles. The van der Waals surface area contributed by atoms with Crippen LogP contribution in [0.15, 0.2) is 66.7 Å². The lowest BCUT2D eigenvalue weighted by Crippen LogP contribution is -2.47. The predicted molar refractivity (Wildman–Crippen MR) is 142 cm³/mol. The lowest BCUT2D eigenvalue weighted by molar-refractivity contribution is -0.127. The van der Waals surface area contributed by atoms with Gasteiger partial charge in [0.25, 0.3) is 11.8 Å². The van der Waals surface area contributed by atoms with Crippen LogP contribution < -0.4 is 21.7 Å². The lowest BCUT2D eigenvalue weighted by Gasteiger charge is -2.19. The summed E-state index contributed by atoms with van der Waals surface area (Å²) in [6.45, 7) is 0.505. The highest BCUT2D eigenvalue weighted by molar-refractivity contribution is 6.05. The Morgan fingerprint density at radius 2 is 1.54 bits per heavy atom. The molecule has 8 nitrogen and oxygen atoms in total. The van der Waals surface area contributed by atoms with E-state index in [1.807, 2.05) is 54.6 Å². The number of ether oxygens (including phenoxy) is 1. The molecule has 0 unspecified atom stereocenters.